The van der Waals surface area contributed by atoms with Crippen LogP contribution in [0.2, 0.25) is 0 Å². The standard InChI is InChI=1S/C25H18N2/c1-2-7-19(8-3-1)15-16-27-25-17-21(13-14-22(25)18-26-27)24-12-6-10-20-9-4-5-11-23(20)24/h1-18H. The highest BCUT2D eigenvalue weighted by atomic mass is 15.3. The second kappa shape index (κ2) is 6.58. The second-order valence-corrected chi connectivity index (χ2v) is 6.62. The lowest BCUT2D eigenvalue weighted by atomic mass is 9.98. The summed E-state index contributed by atoms with van der Waals surface area (Å²) in [6.07, 6.45) is 6.01. The van der Waals surface area contributed by atoms with Crippen LogP contribution in [-0.4, -0.2) is 9.78 Å². The van der Waals surface area contributed by atoms with Crippen LogP contribution < -0.4 is 0 Å². The Morgan fingerprint density at radius 1 is 0.704 bits per heavy atom. The largest absolute Gasteiger partial charge is 0.240 e. The Hall–Kier alpha value is -3.65. The van der Waals surface area contributed by atoms with Gasteiger partial charge in [-0.3, -0.25) is 0 Å². The molecule has 2 heteroatoms. The third-order valence-electron chi connectivity index (χ3n) is 4.91. The molecule has 5 rings (SSSR count). The monoisotopic (exact) mass is 346 g/mol. The van der Waals surface area contributed by atoms with Gasteiger partial charge in [0.15, 0.2) is 0 Å². The van der Waals surface area contributed by atoms with E-state index in [1.807, 2.05) is 35.3 Å². The molecule has 4 aromatic carbocycles. The molecule has 0 saturated carbocycles. The Bertz CT molecular complexity index is 1260. The molecule has 0 fully saturated rings. The number of rotatable bonds is 3. The average Bonchev–Trinajstić information content (AvgIpc) is 3.15. The van der Waals surface area contributed by atoms with Gasteiger partial charge in [0, 0.05) is 11.6 Å². The molecule has 0 amide bonds. The zero-order valence-electron chi connectivity index (χ0n) is 14.8. The van der Waals surface area contributed by atoms with E-state index in [9.17, 15) is 0 Å². The van der Waals surface area contributed by atoms with E-state index < -0.39 is 0 Å². The van der Waals surface area contributed by atoms with Crippen LogP contribution in [0, 0.1) is 0 Å². The summed E-state index contributed by atoms with van der Waals surface area (Å²) in [5, 5.41) is 8.20. The summed E-state index contributed by atoms with van der Waals surface area (Å²) < 4.78 is 1.94. The molecule has 0 unspecified atom stereocenters. The molecule has 0 spiro atoms. The highest BCUT2D eigenvalue weighted by molar-refractivity contribution is 5.98. The van der Waals surface area contributed by atoms with Crippen molar-refractivity contribution in [3.05, 3.63) is 103 Å². The molecule has 0 aliphatic carbocycles. The minimum atomic E-state index is 1.10. The van der Waals surface area contributed by atoms with E-state index in [4.69, 9.17) is 0 Å². The molecule has 2 nitrogen and oxygen atoms in total. The molecule has 128 valence electrons. The SMILES string of the molecule is C(=Cn1ncc2ccc(-c3cccc4ccccc34)cc21)c1ccccc1. The number of hydrogen-bond acceptors (Lipinski definition) is 1. The zero-order valence-corrected chi connectivity index (χ0v) is 14.8. The maximum Gasteiger partial charge on any atom is 0.0740 e. The number of aromatic nitrogens is 2. The summed E-state index contributed by atoms with van der Waals surface area (Å²) in [4.78, 5) is 0. The third kappa shape index (κ3) is 2.91. The first-order chi connectivity index (χ1) is 13.4. The summed E-state index contributed by atoms with van der Waals surface area (Å²) in [5.74, 6) is 0. The molecule has 0 saturated heterocycles. The maximum atomic E-state index is 4.54. The van der Waals surface area contributed by atoms with Crippen molar-refractivity contribution < 1.29 is 0 Å². The lowest BCUT2D eigenvalue weighted by Gasteiger charge is -2.07. The fourth-order valence-corrected chi connectivity index (χ4v) is 3.52. The van der Waals surface area contributed by atoms with Gasteiger partial charge in [-0.15, -0.1) is 0 Å². The van der Waals surface area contributed by atoms with Crippen LogP contribution in [0.15, 0.2) is 97.2 Å². The predicted octanol–water partition coefficient (Wildman–Crippen LogP) is 6.48. The Balaban J connectivity index is 1.62. The van der Waals surface area contributed by atoms with Gasteiger partial charge in [0.2, 0.25) is 0 Å². The lowest BCUT2D eigenvalue weighted by molar-refractivity contribution is 0.969. The normalized spacial score (nSPS) is 11.6. The number of benzene rings is 4. The van der Waals surface area contributed by atoms with Gasteiger partial charge >= 0.3 is 0 Å². The van der Waals surface area contributed by atoms with E-state index in [0.29, 0.717) is 0 Å². The quantitative estimate of drug-likeness (QED) is 0.365. The first-order valence-electron chi connectivity index (χ1n) is 9.07. The van der Waals surface area contributed by atoms with Crippen molar-refractivity contribution in [2.24, 2.45) is 0 Å². The van der Waals surface area contributed by atoms with Gasteiger partial charge in [-0.2, -0.15) is 5.10 Å². The van der Waals surface area contributed by atoms with Crippen molar-refractivity contribution in [1.29, 1.82) is 0 Å². The molecular formula is C25H18N2. The molecule has 0 N–H and O–H groups in total. The first-order valence-corrected chi connectivity index (χ1v) is 9.07. The van der Waals surface area contributed by atoms with E-state index in [1.165, 1.54) is 21.9 Å². The molecular weight excluding hydrogens is 328 g/mol. The predicted molar refractivity (Wildman–Crippen MR) is 114 cm³/mol. The van der Waals surface area contributed by atoms with E-state index in [-0.39, 0.29) is 0 Å². The van der Waals surface area contributed by atoms with Gasteiger partial charge in [0.05, 0.1) is 11.7 Å². The molecule has 0 radical (unpaired) electrons. The molecule has 0 aliphatic rings. The Labute approximate surface area is 158 Å². The highest BCUT2D eigenvalue weighted by Crippen LogP contribution is 2.30. The van der Waals surface area contributed by atoms with Crippen molar-refractivity contribution in [2.75, 3.05) is 0 Å². The van der Waals surface area contributed by atoms with Crippen LogP contribution in [-0.2, 0) is 0 Å². The highest BCUT2D eigenvalue weighted by Gasteiger charge is 2.07. The van der Waals surface area contributed by atoms with E-state index in [1.54, 1.807) is 0 Å². The molecule has 0 bridgehead atoms. The number of hydrogen-bond donors (Lipinski definition) is 0. The summed E-state index contributed by atoms with van der Waals surface area (Å²) in [6.45, 7) is 0. The lowest BCUT2D eigenvalue weighted by Crippen LogP contribution is -1.89. The average molecular weight is 346 g/mol. The van der Waals surface area contributed by atoms with E-state index in [0.717, 1.165) is 16.5 Å². The van der Waals surface area contributed by atoms with Crippen LogP contribution in [0.25, 0.3) is 45.1 Å². The van der Waals surface area contributed by atoms with Gasteiger partial charge in [-0.25, -0.2) is 4.68 Å². The maximum absolute atomic E-state index is 4.54. The number of nitrogens with zero attached hydrogens (tertiary/aromatic N) is 2. The fourth-order valence-electron chi connectivity index (χ4n) is 3.52. The summed E-state index contributed by atoms with van der Waals surface area (Å²) in [7, 11) is 0. The Morgan fingerprint density at radius 2 is 1.52 bits per heavy atom. The van der Waals surface area contributed by atoms with Crippen molar-refractivity contribution >= 4 is 34.0 Å². The molecule has 0 atom stereocenters. The molecule has 1 heterocycles. The van der Waals surface area contributed by atoms with Crippen LogP contribution in [0.1, 0.15) is 5.56 Å². The van der Waals surface area contributed by atoms with E-state index >= 15 is 0 Å². The van der Waals surface area contributed by atoms with Gasteiger partial charge in [0.1, 0.15) is 0 Å². The van der Waals surface area contributed by atoms with Crippen LogP contribution >= 0.6 is 0 Å². The summed E-state index contributed by atoms with van der Waals surface area (Å²) >= 11 is 0. The summed E-state index contributed by atoms with van der Waals surface area (Å²) in [5.41, 5.74) is 4.71. The smallest absolute Gasteiger partial charge is 0.0740 e. The van der Waals surface area contributed by atoms with Crippen molar-refractivity contribution in [2.45, 2.75) is 0 Å². The molecule has 0 aliphatic heterocycles. The van der Waals surface area contributed by atoms with Crippen LogP contribution in [0.4, 0.5) is 0 Å². The zero-order chi connectivity index (χ0) is 18.1. The minimum Gasteiger partial charge on any atom is -0.240 e. The van der Waals surface area contributed by atoms with Crippen LogP contribution in [0.5, 0.6) is 0 Å². The molecule has 27 heavy (non-hydrogen) atoms. The Kier molecular flexibility index (Phi) is 3.80. The fraction of sp³-hybridized carbons (Fsp3) is 0. The van der Waals surface area contributed by atoms with Gasteiger partial charge in [-0.05, 0) is 39.6 Å². The van der Waals surface area contributed by atoms with Crippen molar-refractivity contribution in [3.63, 3.8) is 0 Å². The third-order valence-corrected chi connectivity index (χ3v) is 4.91. The molecule has 5 aromatic rings. The summed E-state index contributed by atoms with van der Waals surface area (Å²) in [6, 6.07) is 31.8. The minimum absolute atomic E-state index is 1.10. The van der Waals surface area contributed by atoms with Crippen molar-refractivity contribution in [1.82, 2.24) is 9.78 Å². The van der Waals surface area contributed by atoms with Gasteiger partial charge in [0.25, 0.3) is 0 Å². The topological polar surface area (TPSA) is 17.8 Å². The first kappa shape index (κ1) is 15.6. The van der Waals surface area contributed by atoms with Crippen molar-refractivity contribution in [3.8, 4) is 11.1 Å². The van der Waals surface area contributed by atoms with Gasteiger partial charge < -0.3 is 0 Å². The Morgan fingerprint density at radius 3 is 2.44 bits per heavy atom. The molecule has 1 aromatic heterocycles. The van der Waals surface area contributed by atoms with Crippen LogP contribution in [0.3, 0.4) is 0 Å². The second-order valence-electron chi connectivity index (χ2n) is 6.62. The van der Waals surface area contributed by atoms with E-state index in [2.05, 4.69) is 84.0 Å². The van der Waals surface area contributed by atoms with Gasteiger partial charge in [-0.1, -0.05) is 84.9 Å². The number of fused-ring (bicyclic) bond motifs is 2.